The summed E-state index contributed by atoms with van der Waals surface area (Å²) in [5.74, 6) is 1.94. The van der Waals surface area contributed by atoms with Gasteiger partial charge in [0.05, 0.1) is 12.2 Å². The molecular formula is C22H29N7. The van der Waals surface area contributed by atoms with Crippen LogP contribution in [0.25, 0.3) is 16.6 Å². The van der Waals surface area contributed by atoms with Crippen molar-refractivity contribution in [3.05, 3.63) is 47.9 Å². The molecule has 0 aliphatic heterocycles. The van der Waals surface area contributed by atoms with Gasteiger partial charge in [-0.15, -0.1) is 15.3 Å². The number of nitrogens with zero attached hydrogens (tertiary/aromatic N) is 4. The molecule has 0 amide bonds. The molecule has 3 heterocycles. The van der Waals surface area contributed by atoms with Crippen LogP contribution in [0.3, 0.4) is 0 Å². The zero-order valence-corrected chi connectivity index (χ0v) is 17.5. The Morgan fingerprint density at radius 3 is 2.59 bits per heavy atom. The summed E-state index contributed by atoms with van der Waals surface area (Å²) in [6.45, 7) is 9.26. The number of benzene rings is 1. The van der Waals surface area contributed by atoms with Crippen molar-refractivity contribution in [1.29, 1.82) is 0 Å². The van der Waals surface area contributed by atoms with Crippen LogP contribution in [-0.2, 0) is 6.54 Å². The fraction of sp³-hybridized carbons (Fsp3) is 0.409. The zero-order chi connectivity index (χ0) is 20.4. The molecule has 0 aliphatic carbocycles. The molecule has 0 radical (unpaired) electrons. The Balaban J connectivity index is 1.67. The van der Waals surface area contributed by atoms with Crippen LogP contribution < -0.4 is 10.6 Å². The number of nitrogens with one attached hydrogen (secondary N) is 3. The molecule has 0 unspecified atom stereocenters. The van der Waals surface area contributed by atoms with Crippen LogP contribution in [0.1, 0.15) is 58.0 Å². The van der Waals surface area contributed by atoms with Gasteiger partial charge in [-0.3, -0.25) is 0 Å². The number of H-pyrrole nitrogens is 1. The smallest absolute Gasteiger partial charge is 0.201 e. The van der Waals surface area contributed by atoms with Gasteiger partial charge in [0.2, 0.25) is 5.65 Å². The number of anilines is 2. The minimum Gasteiger partial charge on any atom is -0.376 e. The van der Waals surface area contributed by atoms with Crippen molar-refractivity contribution >= 4 is 28.1 Å². The van der Waals surface area contributed by atoms with Crippen molar-refractivity contribution in [3.8, 4) is 0 Å². The summed E-state index contributed by atoms with van der Waals surface area (Å²) >= 11 is 0. The van der Waals surface area contributed by atoms with E-state index in [0.29, 0.717) is 12.6 Å². The highest BCUT2D eigenvalue weighted by Gasteiger charge is 2.16. The van der Waals surface area contributed by atoms with E-state index in [2.05, 4.69) is 77.8 Å². The second kappa shape index (κ2) is 8.11. The van der Waals surface area contributed by atoms with E-state index in [0.717, 1.165) is 47.0 Å². The molecule has 0 bridgehead atoms. The highest BCUT2D eigenvalue weighted by atomic mass is 15.4. The minimum atomic E-state index is 0.238. The number of para-hydroxylation sites is 1. The zero-order valence-electron chi connectivity index (χ0n) is 17.5. The molecule has 3 N–H and O–H groups in total. The van der Waals surface area contributed by atoms with E-state index in [-0.39, 0.29) is 5.92 Å². The van der Waals surface area contributed by atoms with Gasteiger partial charge in [-0.1, -0.05) is 45.9 Å². The Labute approximate surface area is 170 Å². The van der Waals surface area contributed by atoms with Crippen LogP contribution in [0.15, 0.2) is 36.4 Å². The van der Waals surface area contributed by atoms with Gasteiger partial charge in [-0.25, -0.2) is 0 Å². The second-order valence-electron chi connectivity index (χ2n) is 7.78. The Bertz CT molecular complexity index is 1070. The van der Waals surface area contributed by atoms with Crippen molar-refractivity contribution < 1.29 is 0 Å². The predicted molar refractivity (Wildman–Crippen MR) is 118 cm³/mol. The third-order valence-corrected chi connectivity index (χ3v) is 5.30. The first kappa shape index (κ1) is 19.2. The van der Waals surface area contributed by atoms with E-state index in [1.54, 1.807) is 0 Å². The number of hydrogen-bond donors (Lipinski definition) is 3. The number of fused-ring (bicyclic) bond motifs is 2. The molecule has 0 aliphatic rings. The minimum absolute atomic E-state index is 0.238. The molecular weight excluding hydrogens is 362 g/mol. The molecule has 0 spiro atoms. The summed E-state index contributed by atoms with van der Waals surface area (Å²) < 4.78 is 1.86. The maximum atomic E-state index is 4.78. The van der Waals surface area contributed by atoms with Gasteiger partial charge < -0.3 is 15.6 Å². The molecule has 0 saturated heterocycles. The lowest BCUT2D eigenvalue weighted by atomic mass is 10.2. The summed E-state index contributed by atoms with van der Waals surface area (Å²) in [5.41, 5.74) is 3.94. The first-order valence-corrected chi connectivity index (χ1v) is 10.4. The van der Waals surface area contributed by atoms with Crippen LogP contribution in [0.4, 0.5) is 11.5 Å². The second-order valence-corrected chi connectivity index (χ2v) is 7.78. The van der Waals surface area contributed by atoms with Gasteiger partial charge in [0, 0.05) is 29.2 Å². The Morgan fingerprint density at radius 2 is 1.86 bits per heavy atom. The summed E-state index contributed by atoms with van der Waals surface area (Å²) in [6.07, 6.45) is 2.10. The molecule has 7 heteroatoms. The topological polar surface area (TPSA) is 82.9 Å². The summed E-state index contributed by atoms with van der Waals surface area (Å²) in [6, 6.07) is 12.9. The first-order chi connectivity index (χ1) is 14.1. The van der Waals surface area contributed by atoms with Gasteiger partial charge in [-0.2, -0.15) is 4.52 Å². The molecule has 1 aromatic carbocycles. The molecule has 4 aromatic rings. The van der Waals surface area contributed by atoms with Crippen molar-refractivity contribution in [1.82, 2.24) is 24.8 Å². The largest absolute Gasteiger partial charge is 0.376 e. The predicted octanol–water partition coefficient (Wildman–Crippen LogP) is 4.94. The lowest BCUT2D eigenvalue weighted by Crippen LogP contribution is -2.19. The van der Waals surface area contributed by atoms with Gasteiger partial charge in [0.25, 0.3) is 0 Å². The fourth-order valence-corrected chi connectivity index (χ4v) is 3.58. The standard InChI is InChI=1S/C22H29N7/c1-5-16(6-2)25-20-12-19(22-27-26-21(14(3)4)29(22)28-20)23-13-17-11-15-9-7-8-10-18(15)24-17/h7-12,14,16,23-24H,5-6,13H2,1-4H3,(H,25,28). The highest BCUT2D eigenvalue weighted by Crippen LogP contribution is 2.24. The van der Waals surface area contributed by atoms with Crippen molar-refractivity contribution in [2.45, 2.75) is 59.0 Å². The summed E-state index contributed by atoms with van der Waals surface area (Å²) in [4.78, 5) is 3.47. The fourth-order valence-electron chi connectivity index (χ4n) is 3.58. The van der Waals surface area contributed by atoms with E-state index in [4.69, 9.17) is 5.10 Å². The number of hydrogen-bond acceptors (Lipinski definition) is 5. The molecule has 4 rings (SSSR count). The van der Waals surface area contributed by atoms with Crippen LogP contribution in [0.2, 0.25) is 0 Å². The third-order valence-electron chi connectivity index (χ3n) is 5.30. The molecule has 0 fully saturated rings. The Morgan fingerprint density at radius 1 is 1.07 bits per heavy atom. The third kappa shape index (κ3) is 3.90. The van der Waals surface area contributed by atoms with E-state index in [1.807, 2.05) is 16.6 Å². The highest BCUT2D eigenvalue weighted by molar-refractivity contribution is 5.80. The normalized spacial score (nSPS) is 11.8. The maximum absolute atomic E-state index is 4.78. The molecule has 29 heavy (non-hydrogen) atoms. The van der Waals surface area contributed by atoms with Gasteiger partial charge >= 0.3 is 0 Å². The molecule has 152 valence electrons. The lowest BCUT2D eigenvalue weighted by molar-refractivity contribution is 0.661. The van der Waals surface area contributed by atoms with E-state index in [1.165, 1.54) is 5.39 Å². The van der Waals surface area contributed by atoms with Gasteiger partial charge in [0.1, 0.15) is 5.82 Å². The number of rotatable bonds is 8. The summed E-state index contributed by atoms with van der Waals surface area (Å²) in [5, 5.41) is 21.9. The van der Waals surface area contributed by atoms with Crippen LogP contribution in [0, 0.1) is 0 Å². The van der Waals surface area contributed by atoms with E-state index >= 15 is 0 Å². The molecule has 0 saturated carbocycles. The van der Waals surface area contributed by atoms with Gasteiger partial charge in [-0.05, 0) is 30.4 Å². The monoisotopic (exact) mass is 391 g/mol. The van der Waals surface area contributed by atoms with Crippen molar-refractivity contribution in [2.75, 3.05) is 10.6 Å². The Hall–Kier alpha value is -3.09. The number of aromatic nitrogens is 5. The van der Waals surface area contributed by atoms with E-state index in [9.17, 15) is 0 Å². The number of aromatic amines is 1. The average Bonchev–Trinajstić information content (AvgIpc) is 3.34. The van der Waals surface area contributed by atoms with Crippen LogP contribution >= 0.6 is 0 Å². The SMILES string of the molecule is CCC(CC)Nc1cc(NCc2cc3ccccc3[nH]2)c2nnc(C(C)C)n2n1. The molecule has 7 nitrogen and oxygen atoms in total. The lowest BCUT2D eigenvalue weighted by Gasteiger charge is -2.17. The quantitative estimate of drug-likeness (QED) is 0.396. The molecule has 0 atom stereocenters. The van der Waals surface area contributed by atoms with Crippen LogP contribution in [0.5, 0.6) is 0 Å². The first-order valence-electron chi connectivity index (χ1n) is 10.4. The average molecular weight is 392 g/mol. The van der Waals surface area contributed by atoms with Crippen molar-refractivity contribution in [3.63, 3.8) is 0 Å². The van der Waals surface area contributed by atoms with Crippen molar-refractivity contribution in [2.24, 2.45) is 0 Å². The molecule has 3 aromatic heterocycles. The maximum Gasteiger partial charge on any atom is 0.201 e. The summed E-state index contributed by atoms with van der Waals surface area (Å²) in [7, 11) is 0. The van der Waals surface area contributed by atoms with E-state index < -0.39 is 0 Å². The van der Waals surface area contributed by atoms with Crippen LogP contribution in [-0.4, -0.2) is 30.8 Å². The van der Waals surface area contributed by atoms with Gasteiger partial charge in [0.15, 0.2) is 5.82 Å². The Kier molecular flexibility index (Phi) is 5.38.